The molecule has 0 atom stereocenters. The molecule has 9 rings (SSSR count). The van der Waals surface area contributed by atoms with Crippen molar-refractivity contribution in [2.75, 3.05) is 13.2 Å². The number of nitrogens with zero attached hydrogens (tertiary/aromatic N) is 4. The van der Waals surface area contributed by atoms with Crippen LogP contribution in [0.2, 0.25) is 0 Å². The van der Waals surface area contributed by atoms with Crippen molar-refractivity contribution in [3.05, 3.63) is 83.5 Å². The molecule has 0 bridgehead atoms. The molecule has 8 nitrogen and oxygen atoms in total. The molecule has 5 aromatic carbocycles. The minimum atomic E-state index is 0.638. The van der Waals surface area contributed by atoms with Crippen LogP contribution < -0.4 is 29.7 Å². The summed E-state index contributed by atoms with van der Waals surface area (Å²) in [5.74, 6) is 4.37. The van der Waals surface area contributed by atoms with E-state index in [1.165, 1.54) is 137 Å². The highest BCUT2D eigenvalue weighted by molar-refractivity contribution is 6.15. The molecule has 70 heavy (non-hydrogen) atoms. The number of hydrogen-bond acceptors (Lipinski definition) is 6. The number of aromatic nitrogens is 2. The van der Waals surface area contributed by atoms with Crippen LogP contribution >= 0.6 is 0 Å². The largest absolute Gasteiger partial charge is 0.491 e. The minimum Gasteiger partial charge on any atom is -0.491 e. The van der Waals surface area contributed by atoms with E-state index < -0.39 is 0 Å². The molecule has 0 amide bonds. The third kappa shape index (κ3) is 11.0. The summed E-state index contributed by atoms with van der Waals surface area (Å²) in [4.78, 5) is 10.9. The number of benzene rings is 5. The molecule has 2 aromatic heterocycles. The van der Waals surface area contributed by atoms with Gasteiger partial charge in [0.15, 0.2) is 34.5 Å². The summed E-state index contributed by atoms with van der Waals surface area (Å²) in [5, 5.41) is 5.93. The summed E-state index contributed by atoms with van der Waals surface area (Å²) in [6.45, 7) is 12.3. The van der Waals surface area contributed by atoms with E-state index in [0.29, 0.717) is 35.4 Å². The van der Waals surface area contributed by atoms with Crippen LogP contribution in [0.25, 0.3) is 43.6 Å². The van der Waals surface area contributed by atoms with Crippen molar-refractivity contribution < 1.29 is 18.9 Å². The van der Waals surface area contributed by atoms with Crippen LogP contribution in [-0.4, -0.2) is 22.3 Å². The Balaban J connectivity index is 1.12. The Morgan fingerprint density at radius 1 is 0.400 bits per heavy atom. The molecule has 0 saturated carbocycles. The zero-order chi connectivity index (χ0) is 48.1. The Hall–Kier alpha value is -5.50. The third-order valence-electron chi connectivity index (χ3n) is 14.8. The first-order chi connectivity index (χ1) is 34.6. The van der Waals surface area contributed by atoms with E-state index in [-0.39, 0.29) is 0 Å². The summed E-state index contributed by atoms with van der Waals surface area (Å²) in [5.41, 5.74) is 6.19. The number of unbranched alkanes of at least 4 members (excludes halogenated alkanes) is 20. The van der Waals surface area contributed by atoms with Gasteiger partial charge in [0.2, 0.25) is 0 Å². The molecular formula is C62H80N4O4. The Morgan fingerprint density at radius 2 is 0.757 bits per heavy atom. The van der Waals surface area contributed by atoms with Crippen molar-refractivity contribution in [1.82, 2.24) is 9.13 Å². The molecule has 2 aliphatic heterocycles. The Morgan fingerprint density at radius 3 is 1.16 bits per heavy atom. The maximum absolute atomic E-state index is 7.16. The molecule has 4 heterocycles. The van der Waals surface area contributed by atoms with Crippen LogP contribution in [-0.2, 0) is 13.1 Å². The maximum atomic E-state index is 7.16. The SMILES string of the molecule is CCCCCCCCOc1cc2c(c3c1N=c1cc4c(cc1O3)=Nc1c(OCCCCCCCC)cc3c(c1O4)c1ccccc1n3CCCCCCCC)c1ccccc1n2CCCCCCCC. The highest BCUT2D eigenvalue weighted by atomic mass is 16.5. The first kappa shape index (κ1) is 49.5. The molecule has 0 radical (unpaired) electrons. The second-order valence-corrected chi connectivity index (χ2v) is 20.2. The molecule has 8 heteroatoms. The first-order valence-corrected chi connectivity index (χ1v) is 28.0. The van der Waals surface area contributed by atoms with Gasteiger partial charge in [-0.3, -0.25) is 0 Å². The molecule has 0 spiro atoms. The number of ether oxygens (including phenoxy) is 4. The molecule has 0 saturated heterocycles. The van der Waals surface area contributed by atoms with Crippen molar-refractivity contribution in [1.29, 1.82) is 0 Å². The van der Waals surface area contributed by atoms with Gasteiger partial charge >= 0.3 is 0 Å². The quantitative estimate of drug-likeness (QED) is 0.0421. The monoisotopic (exact) mass is 945 g/mol. The van der Waals surface area contributed by atoms with E-state index in [4.69, 9.17) is 28.9 Å². The molecule has 0 unspecified atom stereocenters. The summed E-state index contributed by atoms with van der Waals surface area (Å²) in [6, 6.07) is 26.1. The van der Waals surface area contributed by atoms with Crippen molar-refractivity contribution in [3.63, 3.8) is 0 Å². The number of rotatable bonds is 30. The highest BCUT2D eigenvalue weighted by Crippen LogP contribution is 2.52. The lowest BCUT2D eigenvalue weighted by Gasteiger charge is -2.22. The number of aryl methyl sites for hydroxylation is 2. The van der Waals surface area contributed by atoms with Gasteiger partial charge in [0.05, 0.1) is 35.0 Å². The van der Waals surface area contributed by atoms with Gasteiger partial charge in [0.1, 0.15) is 22.1 Å². The van der Waals surface area contributed by atoms with Gasteiger partial charge in [-0.1, -0.05) is 193 Å². The van der Waals surface area contributed by atoms with E-state index in [1.54, 1.807) is 0 Å². The van der Waals surface area contributed by atoms with Crippen molar-refractivity contribution in [2.24, 2.45) is 9.98 Å². The average Bonchev–Trinajstić information content (AvgIpc) is 3.87. The summed E-state index contributed by atoms with van der Waals surface area (Å²) in [6.07, 6.45) is 29.4. The summed E-state index contributed by atoms with van der Waals surface area (Å²) in [7, 11) is 0. The topological polar surface area (TPSA) is 71.5 Å². The van der Waals surface area contributed by atoms with E-state index in [2.05, 4.69) is 97.5 Å². The van der Waals surface area contributed by atoms with Gasteiger partial charge in [-0.2, -0.15) is 0 Å². The lowest BCUT2D eigenvalue weighted by molar-refractivity contribution is 0.303. The maximum Gasteiger partial charge on any atom is 0.166 e. The van der Waals surface area contributed by atoms with Crippen LogP contribution in [0, 0.1) is 0 Å². The molecule has 2 aliphatic rings. The van der Waals surface area contributed by atoms with E-state index in [9.17, 15) is 0 Å². The summed E-state index contributed by atoms with van der Waals surface area (Å²) < 4.78 is 32.9. The second kappa shape index (κ2) is 24.6. The van der Waals surface area contributed by atoms with Gasteiger partial charge in [-0.25, -0.2) is 9.98 Å². The van der Waals surface area contributed by atoms with Crippen molar-refractivity contribution in [2.45, 2.75) is 195 Å². The Labute approximate surface area is 417 Å². The van der Waals surface area contributed by atoms with Gasteiger partial charge in [-0.05, 0) is 37.8 Å². The highest BCUT2D eigenvalue weighted by Gasteiger charge is 2.29. The van der Waals surface area contributed by atoms with E-state index >= 15 is 0 Å². The normalized spacial score (nSPS) is 12.6. The smallest absolute Gasteiger partial charge is 0.166 e. The number of hydrogen-bond donors (Lipinski definition) is 0. The fraction of sp³-hybridized carbons (Fsp3) is 0.516. The fourth-order valence-corrected chi connectivity index (χ4v) is 10.9. The van der Waals surface area contributed by atoms with Crippen molar-refractivity contribution >= 4 is 55.0 Å². The van der Waals surface area contributed by atoms with Gasteiger partial charge < -0.3 is 28.1 Å². The van der Waals surface area contributed by atoms with Crippen LogP contribution in [0.4, 0.5) is 11.4 Å². The summed E-state index contributed by atoms with van der Waals surface area (Å²) >= 11 is 0. The van der Waals surface area contributed by atoms with Gasteiger partial charge in [-0.15, -0.1) is 0 Å². The zero-order valence-corrected chi connectivity index (χ0v) is 43.1. The second-order valence-electron chi connectivity index (χ2n) is 20.2. The van der Waals surface area contributed by atoms with Gasteiger partial charge in [0.25, 0.3) is 0 Å². The van der Waals surface area contributed by atoms with Crippen LogP contribution in [0.5, 0.6) is 34.5 Å². The molecule has 372 valence electrons. The molecular weight excluding hydrogens is 865 g/mol. The zero-order valence-electron chi connectivity index (χ0n) is 43.1. The number of fused-ring (bicyclic) bond motifs is 12. The predicted octanol–water partition coefficient (Wildman–Crippen LogP) is 18.2. The molecule has 0 fully saturated rings. The number of para-hydroxylation sites is 2. The molecule has 0 N–H and O–H groups in total. The van der Waals surface area contributed by atoms with Gasteiger partial charge in [0, 0.05) is 59.2 Å². The average molecular weight is 945 g/mol. The van der Waals surface area contributed by atoms with Crippen molar-refractivity contribution in [3.8, 4) is 34.5 Å². The fourth-order valence-electron chi connectivity index (χ4n) is 10.9. The molecule has 0 aliphatic carbocycles. The van der Waals surface area contributed by atoms with Crippen LogP contribution in [0.15, 0.2) is 82.8 Å². The lowest BCUT2D eigenvalue weighted by atomic mass is 10.1. The van der Waals surface area contributed by atoms with E-state index in [1.807, 2.05) is 12.1 Å². The van der Waals surface area contributed by atoms with E-state index in [0.717, 1.165) is 108 Å². The van der Waals surface area contributed by atoms with Crippen LogP contribution in [0.1, 0.15) is 182 Å². The lowest BCUT2D eigenvalue weighted by Crippen LogP contribution is -2.19. The molecule has 7 aromatic rings. The Kier molecular flexibility index (Phi) is 17.4. The minimum absolute atomic E-state index is 0.638. The predicted molar refractivity (Wildman–Crippen MR) is 292 cm³/mol. The standard InChI is InChI=1S/C62H80N4O4/c1-5-9-13-17-21-29-37-65-49-35-27-25-33-45(49)57-51(65)43-55(67-39-31-23-19-15-11-7-3)59-61(57)69-53-41-48-54(42-47(53)63-59)70-62-58-46-34-26-28-36-50(46)66(38-30-22-18-14-10-6-2)52(58)44-56(60(62)64-48)68-40-32-24-20-16-12-8-4/h25-28,33-36,41-44H,5-24,29-32,37-40H2,1-4H3. The first-order valence-electron chi connectivity index (χ1n) is 28.0. The Bertz CT molecular complexity index is 2780. The van der Waals surface area contributed by atoms with Crippen LogP contribution in [0.3, 0.4) is 0 Å². The third-order valence-corrected chi connectivity index (χ3v) is 14.8.